The van der Waals surface area contributed by atoms with Crippen LogP contribution in [0.1, 0.15) is 25.3 Å². The lowest BCUT2D eigenvalue weighted by Gasteiger charge is -2.36. The highest BCUT2D eigenvalue weighted by atomic mass is 16.5. The predicted octanol–water partition coefficient (Wildman–Crippen LogP) is 2.91. The van der Waals surface area contributed by atoms with E-state index in [4.69, 9.17) is 4.74 Å². The summed E-state index contributed by atoms with van der Waals surface area (Å²) in [6.45, 7) is 3.69. The summed E-state index contributed by atoms with van der Waals surface area (Å²) in [5, 5.41) is 7.82. The molecule has 4 heteroatoms. The molecule has 1 aliphatic rings. The second-order valence-electron chi connectivity index (χ2n) is 5.29. The third-order valence-corrected chi connectivity index (χ3v) is 3.70. The number of ether oxygens (including phenoxy) is 1. The Morgan fingerprint density at radius 2 is 2.25 bits per heavy atom. The number of nitrogens with zero attached hydrogens (tertiary/aromatic N) is 2. The van der Waals surface area contributed by atoms with Gasteiger partial charge in [0, 0.05) is 30.7 Å². The molecule has 0 spiro atoms. The van der Waals surface area contributed by atoms with Gasteiger partial charge < -0.3 is 10.1 Å². The SMILES string of the molecule is CCOC1CC(Nc2cccc(Cn3cccn3)c2)C1. The first-order chi connectivity index (χ1) is 9.83. The van der Waals surface area contributed by atoms with E-state index >= 15 is 0 Å². The summed E-state index contributed by atoms with van der Waals surface area (Å²) in [4.78, 5) is 0. The maximum Gasteiger partial charge on any atom is 0.0660 e. The molecule has 0 bridgehead atoms. The van der Waals surface area contributed by atoms with Crippen LogP contribution in [0.5, 0.6) is 0 Å². The zero-order valence-electron chi connectivity index (χ0n) is 11.8. The summed E-state index contributed by atoms with van der Waals surface area (Å²) < 4.78 is 7.53. The van der Waals surface area contributed by atoms with Crippen molar-refractivity contribution in [2.75, 3.05) is 11.9 Å². The molecule has 0 saturated heterocycles. The van der Waals surface area contributed by atoms with Gasteiger partial charge in [0.2, 0.25) is 0 Å². The Labute approximate surface area is 119 Å². The summed E-state index contributed by atoms with van der Waals surface area (Å²) in [7, 11) is 0. The monoisotopic (exact) mass is 271 g/mol. The van der Waals surface area contributed by atoms with Crippen LogP contribution in [0.3, 0.4) is 0 Å². The van der Waals surface area contributed by atoms with Crippen molar-refractivity contribution in [1.29, 1.82) is 0 Å². The smallest absolute Gasteiger partial charge is 0.0660 e. The molecular formula is C16H21N3O. The van der Waals surface area contributed by atoms with Crippen LogP contribution in [0.4, 0.5) is 5.69 Å². The standard InChI is InChI=1S/C16H21N3O/c1-2-20-16-10-15(11-16)18-14-6-3-5-13(9-14)12-19-8-4-7-17-19/h3-9,15-16,18H,2,10-12H2,1H3. The molecule has 1 N–H and O–H groups in total. The number of hydrogen-bond acceptors (Lipinski definition) is 3. The van der Waals surface area contributed by atoms with E-state index in [1.807, 2.05) is 23.1 Å². The Hall–Kier alpha value is -1.81. The van der Waals surface area contributed by atoms with Gasteiger partial charge in [-0.25, -0.2) is 0 Å². The van der Waals surface area contributed by atoms with Crippen molar-refractivity contribution in [2.45, 2.75) is 38.5 Å². The van der Waals surface area contributed by atoms with E-state index in [9.17, 15) is 0 Å². The Morgan fingerprint density at radius 3 is 3.00 bits per heavy atom. The molecule has 1 aliphatic carbocycles. The molecule has 0 atom stereocenters. The largest absolute Gasteiger partial charge is 0.382 e. The van der Waals surface area contributed by atoms with E-state index in [0.717, 1.165) is 26.0 Å². The Morgan fingerprint density at radius 1 is 1.35 bits per heavy atom. The van der Waals surface area contributed by atoms with Gasteiger partial charge in [0.25, 0.3) is 0 Å². The van der Waals surface area contributed by atoms with E-state index in [0.29, 0.717) is 12.1 Å². The quantitative estimate of drug-likeness (QED) is 0.878. The number of hydrogen-bond donors (Lipinski definition) is 1. The topological polar surface area (TPSA) is 39.1 Å². The van der Waals surface area contributed by atoms with Gasteiger partial charge in [-0.3, -0.25) is 4.68 Å². The van der Waals surface area contributed by atoms with Crippen molar-refractivity contribution in [3.05, 3.63) is 48.3 Å². The summed E-state index contributed by atoms with van der Waals surface area (Å²) in [6.07, 6.45) is 6.46. The predicted molar refractivity (Wildman–Crippen MR) is 79.8 cm³/mol. The number of nitrogens with one attached hydrogen (secondary N) is 1. The van der Waals surface area contributed by atoms with Crippen molar-refractivity contribution in [3.63, 3.8) is 0 Å². The lowest BCUT2D eigenvalue weighted by atomic mass is 9.89. The first-order valence-corrected chi connectivity index (χ1v) is 7.28. The fraction of sp³-hybridized carbons (Fsp3) is 0.438. The van der Waals surface area contributed by atoms with Crippen LogP contribution < -0.4 is 5.32 Å². The highest BCUT2D eigenvalue weighted by Gasteiger charge is 2.29. The van der Waals surface area contributed by atoms with E-state index in [2.05, 4.69) is 41.6 Å². The summed E-state index contributed by atoms with van der Waals surface area (Å²) in [5.74, 6) is 0. The maximum absolute atomic E-state index is 5.59. The summed E-state index contributed by atoms with van der Waals surface area (Å²) in [6, 6.07) is 11.1. The molecule has 2 aromatic rings. The van der Waals surface area contributed by atoms with Crippen molar-refractivity contribution < 1.29 is 4.74 Å². The molecule has 1 fully saturated rings. The van der Waals surface area contributed by atoms with E-state index < -0.39 is 0 Å². The van der Waals surface area contributed by atoms with Crippen LogP contribution in [0.2, 0.25) is 0 Å². The number of anilines is 1. The Balaban J connectivity index is 1.55. The molecule has 1 saturated carbocycles. The maximum atomic E-state index is 5.59. The minimum absolute atomic E-state index is 0.449. The number of rotatable bonds is 6. The second-order valence-corrected chi connectivity index (χ2v) is 5.29. The molecule has 0 unspecified atom stereocenters. The van der Waals surface area contributed by atoms with Gasteiger partial charge in [0.15, 0.2) is 0 Å². The molecule has 1 heterocycles. The van der Waals surface area contributed by atoms with Crippen LogP contribution in [0, 0.1) is 0 Å². The lowest BCUT2D eigenvalue weighted by molar-refractivity contribution is 0.00299. The van der Waals surface area contributed by atoms with Crippen LogP contribution in [-0.4, -0.2) is 28.5 Å². The van der Waals surface area contributed by atoms with Gasteiger partial charge in [-0.15, -0.1) is 0 Å². The first-order valence-electron chi connectivity index (χ1n) is 7.28. The lowest BCUT2D eigenvalue weighted by Crippen LogP contribution is -2.40. The van der Waals surface area contributed by atoms with Crippen LogP contribution in [-0.2, 0) is 11.3 Å². The number of aromatic nitrogens is 2. The molecule has 0 amide bonds. The van der Waals surface area contributed by atoms with Crippen LogP contribution >= 0.6 is 0 Å². The van der Waals surface area contributed by atoms with Crippen molar-refractivity contribution in [2.24, 2.45) is 0 Å². The fourth-order valence-corrected chi connectivity index (χ4v) is 2.63. The third-order valence-electron chi connectivity index (χ3n) is 3.70. The molecule has 4 nitrogen and oxygen atoms in total. The number of benzene rings is 1. The second kappa shape index (κ2) is 6.09. The average Bonchev–Trinajstić information content (AvgIpc) is 2.90. The van der Waals surface area contributed by atoms with Gasteiger partial charge in [0.05, 0.1) is 12.6 Å². The molecular weight excluding hydrogens is 250 g/mol. The van der Waals surface area contributed by atoms with Crippen molar-refractivity contribution >= 4 is 5.69 Å². The minimum Gasteiger partial charge on any atom is -0.382 e. The molecule has 3 rings (SSSR count). The highest BCUT2D eigenvalue weighted by molar-refractivity contribution is 5.47. The molecule has 106 valence electrons. The van der Waals surface area contributed by atoms with Crippen LogP contribution in [0.25, 0.3) is 0 Å². The molecule has 1 aromatic carbocycles. The molecule has 0 aliphatic heterocycles. The van der Waals surface area contributed by atoms with E-state index in [-0.39, 0.29) is 0 Å². The zero-order chi connectivity index (χ0) is 13.8. The average molecular weight is 271 g/mol. The van der Waals surface area contributed by atoms with Gasteiger partial charge in [-0.05, 0) is 43.5 Å². The van der Waals surface area contributed by atoms with E-state index in [1.54, 1.807) is 0 Å². The fourth-order valence-electron chi connectivity index (χ4n) is 2.63. The van der Waals surface area contributed by atoms with Gasteiger partial charge in [-0.1, -0.05) is 12.1 Å². The van der Waals surface area contributed by atoms with Gasteiger partial charge in [0.1, 0.15) is 0 Å². The molecule has 1 aromatic heterocycles. The Bertz CT molecular complexity index is 532. The third kappa shape index (κ3) is 3.20. The van der Waals surface area contributed by atoms with Gasteiger partial charge >= 0.3 is 0 Å². The molecule has 20 heavy (non-hydrogen) atoms. The van der Waals surface area contributed by atoms with Crippen molar-refractivity contribution in [1.82, 2.24) is 9.78 Å². The summed E-state index contributed by atoms with van der Waals surface area (Å²) in [5.41, 5.74) is 2.45. The highest BCUT2D eigenvalue weighted by Crippen LogP contribution is 2.27. The Kier molecular flexibility index (Phi) is 4.02. The van der Waals surface area contributed by atoms with Gasteiger partial charge in [-0.2, -0.15) is 5.10 Å². The van der Waals surface area contributed by atoms with Crippen LogP contribution in [0.15, 0.2) is 42.7 Å². The summed E-state index contributed by atoms with van der Waals surface area (Å²) >= 11 is 0. The molecule has 0 radical (unpaired) electrons. The van der Waals surface area contributed by atoms with E-state index in [1.165, 1.54) is 11.3 Å². The zero-order valence-corrected chi connectivity index (χ0v) is 11.8. The minimum atomic E-state index is 0.449. The first kappa shape index (κ1) is 13.2. The van der Waals surface area contributed by atoms with Crippen molar-refractivity contribution in [3.8, 4) is 0 Å². The normalized spacial score (nSPS) is 21.4.